The molecule has 144 valence electrons. The van der Waals surface area contributed by atoms with Crippen LogP contribution < -0.4 is 5.32 Å². The maximum absolute atomic E-state index is 11.8. The van der Waals surface area contributed by atoms with E-state index in [1.807, 2.05) is 21.1 Å². The van der Waals surface area contributed by atoms with Gasteiger partial charge in [-0.2, -0.15) is 0 Å². The highest BCUT2D eigenvalue weighted by Crippen LogP contribution is 2.21. The van der Waals surface area contributed by atoms with Gasteiger partial charge in [-0.15, -0.1) is 0 Å². The average molecular weight is 346 g/mol. The number of aliphatic carboxylic acids is 1. The second kappa shape index (κ2) is 12.7. The smallest absolute Gasteiger partial charge is 0.382 e. The molecule has 3 N–H and O–H groups in total. The van der Waals surface area contributed by atoms with Crippen molar-refractivity contribution in [3.63, 3.8) is 0 Å². The molecule has 0 saturated carbocycles. The number of carbonyl (C=O) groups is 1. The van der Waals surface area contributed by atoms with Crippen molar-refractivity contribution in [1.29, 1.82) is 0 Å². The molecular formula is C19H41N2O3+. The van der Waals surface area contributed by atoms with Crippen molar-refractivity contribution in [2.75, 3.05) is 34.3 Å². The van der Waals surface area contributed by atoms with Crippen molar-refractivity contribution >= 4 is 5.97 Å². The van der Waals surface area contributed by atoms with Gasteiger partial charge in [0.1, 0.15) is 0 Å². The molecule has 0 amide bonds. The van der Waals surface area contributed by atoms with Gasteiger partial charge in [0.2, 0.25) is 0 Å². The largest absolute Gasteiger partial charge is 0.476 e. The molecule has 5 heteroatoms. The minimum Gasteiger partial charge on any atom is -0.476 e. The summed E-state index contributed by atoms with van der Waals surface area (Å²) in [6, 6.07) is 0. The molecule has 0 aromatic carbocycles. The van der Waals surface area contributed by atoms with Gasteiger partial charge in [-0.25, -0.2) is 4.79 Å². The van der Waals surface area contributed by atoms with Crippen LogP contribution in [-0.4, -0.2) is 60.6 Å². The van der Waals surface area contributed by atoms with Crippen LogP contribution in [0.25, 0.3) is 0 Å². The number of nitrogens with zero attached hydrogens (tertiary/aromatic N) is 1. The summed E-state index contributed by atoms with van der Waals surface area (Å²) in [5, 5.41) is 22.2. The Morgan fingerprint density at radius 2 is 1.38 bits per heavy atom. The minimum absolute atomic E-state index is 0.132. The van der Waals surface area contributed by atoms with Crippen LogP contribution in [0.5, 0.6) is 0 Å². The quantitative estimate of drug-likeness (QED) is 0.228. The SMILES string of the molecule is CCCCCCCCCCCCNC(CCO)(C(=O)O)[N+](C)(C)C. The van der Waals surface area contributed by atoms with Gasteiger partial charge in [0, 0.05) is 6.54 Å². The van der Waals surface area contributed by atoms with E-state index in [1.54, 1.807) is 0 Å². The van der Waals surface area contributed by atoms with Crippen molar-refractivity contribution in [1.82, 2.24) is 5.32 Å². The molecule has 1 unspecified atom stereocenters. The van der Waals surface area contributed by atoms with Crippen molar-refractivity contribution in [2.45, 2.75) is 83.2 Å². The lowest BCUT2D eigenvalue weighted by molar-refractivity contribution is -0.918. The van der Waals surface area contributed by atoms with Gasteiger partial charge in [0.05, 0.1) is 34.2 Å². The van der Waals surface area contributed by atoms with Crippen LogP contribution in [0, 0.1) is 0 Å². The highest BCUT2D eigenvalue weighted by atomic mass is 16.4. The number of aliphatic hydroxyl groups is 1. The maximum atomic E-state index is 11.8. The third-order valence-electron chi connectivity index (χ3n) is 4.92. The normalized spacial score (nSPS) is 14.5. The fraction of sp³-hybridized carbons (Fsp3) is 0.947. The molecule has 0 fully saturated rings. The van der Waals surface area contributed by atoms with Gasteiger partial charge >= 0.3 is 5.97 Å². The average Bonchev–Trinajstić information content (AvgIpc) is 2.50. The molecular weight excluding hydrogens is 304 g/mol. The first-order valence-electron chi connectivity index (χ1n) is 9.72. The summed E-state index contributed by atoms with van der Waals surface area (Å²) < 4.78 is 0.251. The lowest BCUT2D eigenvalue weighted by atomic mass is 10.0. The van der Waals surface area contributed by atoms with E-state index in [0.29, 0.717) is 6.54 Å². The molecule has 5 nitrogen and oxygen atoms in total. The Labute approximate surface area is 149 Å². The van der Waals surface area contributed by atoms with E-state index in [2.05, 4.69) is 12.2 Å². The highest BCUT2D eigenvalue weighted by Gasteiger charge is 2.49. The first-order chi connectivity index (χ1) is 11.3. The Balaban J connectivity index is 3.95. The van der Waals surface area contributed by atoms with Crippen LogP contribution in [0.3, 0.4) is 0 Å². The van der Waals surface area contributed by atoms with E-state index in [9.17, 15) is 15.0 Å². The summed E-state index contributed by atoms with van der Waals surface area (Å²) in [6.07, 6.45) is 12.9. The molecule has 0 saturated heterocycles. The van der Waals surface area contributed by atoms with Crippen LogP contribution in [0.15, 0.2) is 0 Å². The number of hydrogen-bond acceptors (Lipinski definition) is 3. The van der Waals surface area contributed by atoms with Gasteiger partial charge in [-0.05, 0) is 6.42 Å². The zero-order valence-corrected chi connectivity index (χ0v) is 16.4. The summed E-state index contributed by atoms with van der Waals surface area (Å²) in [5.41, 5.74) is -1.12. The lowest BCUT2D eigenvalue weighted by Gasteiger charge is -2.43. The van der Waals surface area contributed by atoms with Gasteiger partial charge in [-0.3, -0.25) is 5.32 Å². The number of carboxylic acids is 1. The molecule has 0 radical (unpaired) electrons. The predicted molar refractivity (Wildman–Crippen MR) is 99.9 cm³/mol. The Bertz CT molecular complexity index is 329. The van der Waals surface area contributed by atoms with Gasteiger partial charge in [-0.1, -0.05) is 64.7 Å². The highest BCUT2D eigenvalue weighted by molar-refractivity contribution is 5.76. The first-order valence-corrected chi connectivity index (χ1v) is 9.72. The summed E-state index contributed by atoms with van der Waals surface area (Å²) in [5.74, 6) is -0.892. The fourth-order valence-corrected chi connectivity index (χ4v) is 3.20. The maximum Gasteiger partial charge on any atom is 0.382 e. The van der Waals surface area contributed by atoms with E-state index in [4.69, 9.17) is 0 Å². The van der Waals surface area contributed by atoms with Crippen molar-refractivity contribution < 1.29 is 19.5 Å². The first kappa shape index (κ1) is 23.4. The summed E-state index contributed by atoms with van der Waals surface area (Å²) in [4.78, 5) is 11.8. The van der Waals surface area contributed by atoms with Crippen LogP contribution in [0.2, 0.25) is 0 Å². The van der Waals surface area contributed by atoms with E-state index >= 15 is 0 Å². The standard InChI is InChI=1S/C19H40N2O3/c1-5-6-7-8-9-10-11-12-13-14-16-20-19(15-17-22,18(23)24)21(2,3)4/h20,22H,5-17H2,1-4H3/p+1. The molecule has 0 spiro atoms. The molecule has 0 heterocycles. The molecule has 0 aromatic heterocycles. The van der Waals surface area contributed by atoms with E-state index in [-0.39, 0.29) is 17.5 Å². The number of rotatable bonds is 16. The van der Waals surface area contributed by atoms with E-state index in [0.717, 1.165) is 12.8 Å². The summed E-state index contributed by atoms with van der Waals surface area (Å²) in [7, 11) is 5.57. The van der Waals surface area contributed by atoms with Crippen molar-refractivity contribution in [3.05, 3.63) is 0 Å². The van der Waals surface area contributed by atoms with Gasteiger partial charge < -0.3 is 14.7 Å². The second-order valence-electron chi connectivity index (χ2n) is 7.76. The molecule has 0 aliphatic heterocycles. The Morgan fingerprint density at radius 3 is 1.75 bits per heavy atom. The Hall–Kier alpha value is -0.650. The van der Waals surface area contributed by atoms with E-state index in [1.165, 1.54) is 51.4 Å². The number of likely N-dealkylation sites (N-methyl/N-ethyl adjacent to an activating group) is 1. The van der Waals surface area contributed by atoms with E-state index < -0.39 is 11.6 Å². The number of hydrogen-bond donors (Lipinski definition) is 3. The van der Waals surface area contributed by atoms with Crippen molar-refractivity contribution in [3.8, 4) is 0 Å². The topological polar surface area (TPSA) is 69.6 Å². The third-order valence-corrected chi connectivity index (χ3v) is 4.92. The molecule has 0 rings (SSSR count). The molecule has 1 atom stereocenters. The van der Waals surface area contributed by atoms with Gasteiger partial charge in [0.15, 0.2) is 0 Å². The number of aliphatic hydroxyl groups excluding tert-OH is 1. The number of unbranched alkanes of at least 4 members (excludes halogenated alkanes) is 9. The van der Waals surface area contributed by atoms with Crippen LogP contribution in [0.1, 0.15) is 77.6 Å². The number of carboxylic acid groups (broad SMARTS) is 1. The summed E-state index contributed by atoms with van der Waals surface area (Å²) >= 11 is 0. The number of nitrogens with one attached hydrogen (secondary N) is 1. The Kier molecular flexibility index (Phi) is 12.3. The molecule has 0 aliphatic carbocycles. The lowest BCUT2D eigenvalue weighted by Crippen LogP contribution is -2.70. The number of quaternary nitrogens is 1. The molecule has 0 bridgehead atoms. The predicted octanol–water partition coefficient (Wildman–Crippen LogP) is 3.37. The monoisotopic (exact) mass is 345 g/mol. The van der Waals surface area contributed by atoms with Crippen LogP contribution >= 0.6 is 0 Å². The van der Waals surface area contributed by atoms with Crippen LogP contribution in [0.4, 0.5) is 0 Å². The summed E-state index contributed by atoms with van der Waals surface area (Å²) in [6.45, 7) is 2.79. The second-order valence-corrected chi connectivity index (χ2v) is 7.76. The fourth-order valence-electron chi connectivity index (χ4n) is 3.20. The molecule has 0 aromatic rings. The molecule has 0 aliphatic rings. The molecule has 24 heavy (non-hydrogen) atoms. The van der Waals surface area contributed by atoms with Crippen molar-refractivity contribution in [2.24, 2.45) is 0 Å². The minimum atomic E-state index is -1.12. The van der Waals surface area contributed by atoms with Gasteiger partial charge in [0.25, 0.3) is 5.66 Å². The zero-order valence-electron chi connectivity index (χ0n) is 16.4. The Morgan fingerprint density at radius 1 is 0.917 bits per heavy atom. The third kappa shape index (κ3) is 8.45. The van der Waals surface area contributed by atoms with Crippen LogP contribution in [-0.2, 0) is 4.79 Å². The zero-order chi connectivity index (χ0) is 18.5.